The van der Waals surface area contributed by atoms with E-state index in [1.165, 1.54) is 11.1 Å². The van der Waals surface area contributed by atoms with Crippen molar-refractivity contribution in [1.82, 2.24) is 10.1 Å². The van der Waals surface area contributed by atoms with Crippen LogP contribution in [0.5, 0.6) is 0 Å². The summed E-state index contributed by atoms with van der Waals surface area (Å²) in [6, 6.07) is 0. The van der Waals surface area contributed by atoms with E-state index in [0.717, 1.165) is 32.1 Å². The molecular weight excluding hydrogens is 220 g/mol. The number of hydrogen-bond acceptors (Lipinski definition) is 4. The first-order valence-corrected chi connectivity index (χ1v) is 6.14. The number of hydroxylamine groups is 4. The normalized spacial score (nSPS) is 11.4. The maximum atomic E-state index is 11.1. The monoisotopic (exact) mass is 244 g/mol. The van der Waals surface area contributed by atoms with E-state index in [1.807, 2.05) is 0 Å². The molecule has 0 bridgehead atoms. The van der Waals surface area contributed by atoms with Crippen LogP contribution >= 0.6 is 0 Å². The molecule has 0 atom stereocenters. The summed E-state index contributed by atoms with van der Waals surface area (Å²) in [6.45, 7) is 2.71. The van der Waals surface area contributed by atoms with E-state index in [0.29, 0.717) is 18.2 Å². The molecule has 0 spiro atoms. The average Bonchev–Trinajstić information content (AvgIpc) is 2.30. The molecule has 0 aromatic rings. The molecule has 0 aliphatic rings. The van der Waals surface area contributed by atoms with Gasteiger partial charge < -0.3 is 5.21 Å². The van der Waals surface area contributed by atoms with Gasteiger partial charge in [-0.1, -0.05) is 18.9 Å². The fraction of sp³-hybridized carbons (Fsp3) is 0.750. The van der Waals surface area contributed by atoms with Crippen LogP contribution in [0.15, 0.2) is 12.2 Å². The largest absolute Gasteiger partial charge is 0.314 e. The number of amides is 1. The number of hydrogen-bond donors (Lipinski definition) is 2. The van der Waals surface area contributed by atoms with Gasteiger partial charge in [-0.25, -0.2) is 5.06 Å². The molecule has 0 unspecified atom stereocenters. The Bertz CT molecular complexity index is 230. The minimum atomic E-state index is -0.366. The van der Waals surface area contributed by atoms with Gasteiger partial charge in [-0.3, -0.25) is 10.0 Å². The lowest BCUT2D eigenvalue weighted by atomic mass is 10.1. The van der Waals surface area contributed by atoms with Crippen LogP contribution in [0, 0.1) is 0 Å². The minimum absolute atomic E-state index is 0.303. The van der Waals surface area contributed by atoms with Gasteiger partial charge >= 0.3 is 0 Å². The molecule has 0 saturated heterocycles. The Labute approximate surface area is 103 Å². The molecule has 1 amide bonds. The van der Waals surface area contributed by atoms with E-state index < -0.39 is 0 Å². The van der Waals surface area contributed by atoms with Crippen molar-refractivity contribution in [2.45, 2.75) is 39.0 Å². The van der Waals surface area contributed by atoms with Crippen LogP contribution in [0.3, 0.4) is 0 Å². The van der Waals surface area contributed by atoms with Crippen molar-refractivity contribution < 1.29 is 15.2 Å². The van der Waals surface area contributed by atoms with Crippen molar-refractivity contribution in [3.8, 4) is 0 Å². The van der Waals surface area contributed by atoms with Crippen LogP contribution in [0.1, 0.15) is 39.0 Å². The van der Waals surface area contributed by atoms with Gasteiger partial charge in [0.2, 0.25) is 0 Å². The molecule has 0 aromatic carbocycles. The van der Waals surface area contributed by atoms with Gasteiger partial charge in [-0.05, 0) is 26.2 Å². The predicted octanol–water partition coefficient (Wildman–Crippen LogP) is 2.05. The number of carbonyl (C=O) groups excluding carboxylic acids is 1. The van der Waals surface area contributed by atoms with E-state index in [2.05, 4.69) is 0 Å². The lowest BCUT2D eigenvalue weighted by Gasteiger charge is -2.08. The van der Waals surface area contributed by atoms with Crippen molar-refractivity contribution in [3.63, 3.8) is 0 Å². The maximum Gasteiger partial charge on any atom is 0.269 e. The molecule has 0 aliphatic carbocycles. The Morgan fingerprint density at radius 3 is 2.41 bits per heavy atom. The number of allylic oxidation sites excluding steroid dienone is 1. The van der Waals surface area contributed by atoms with Crippen LogP contribution < -0.4 is 0 Å². The number of carbonyl (C=O) groups is 1. The highest BCUT2D eigenvalue weighted by molar-refractivity contribution is 5.86. The van der Waals surface area contributed by atoms with Crippen LogP contribution in [-0.4, -0.2) is 46.6 Å². The fourth-order valence-corrected chi connectivity index (χ4v) is 1.38. The Morgan fingerprint density at radius 2 is 1.82 bits per heavy atom. The summed E-state index contributed by atoms with van der Waals surface area (Å²) in [5.41, 5.74) is 0. The number of nitrogens with zero attached hydrogens (tertiary/aromatic N) is 2. The van der Waals surface area contributed by atoms with Crippen LogP contribution in [-0.2, 0) is 4.79 Å². The topological polar surface area (TPSA) is 64.0 Å². The van der Waals surface area contributed by atoms with E-state index in [4.69, 9.17) is 10.4 Å². The predicted molar refractivity (Wildman–Crippen MR) is 65.8 cm³/mol. The molecule has 5 heteroatoms. The molecule has 5 nitrogen and oxygen atoms in total. The summed E-state index contributed by atoms with van der Waals surface area (Å²) in [5.74, 6) is -0.366. The molecule has 0 aromatic heterocycles. The second-order valence-corrected chi connectivity index (χ2v) is 4.04. The third kappa shape index (κ3) is 9.99. The summed E-state index contributed by atoms with van der Waals surface area (Å²) in [4.78, 5) is 11.1. The van der Waals surface area contributed by atoms with Gasteiger partial charge in [0.15, 0.2) is 0 Å². The van der Waals surface area contributed by atoms with E-state index in [1.54, 1.807) is 20.0 Å². The second kappa shape index (κ2) is 10.3. The zero-order valence-electron chi connectivity index (χ0n) is 10.8. The van der Waals surface area contributed by atoms with Crippen molar-refractivity contribution in [2.24, 2.45) is 0 Å². The van der Waals surface area contributed by atoms with Gasteiger partial charge in [-0.15, -0.1) is 0 Å². The Hall–Kier alpha value is -0.910. The molecule has 0 aliphatic heterocycles. The van der Waals surface area contributed by atoms with Crippen molar-refractivity contribution in [1.29, 1.82) is 0 Å². The summed E-state index contributed by atoms with van der Waals surface area (Å²) >= 11 is 0. The van der Waals surface area contributed by atoms with Crippen molar-refractivity contribution in [2.75, 3.05) is 20.1 Å². The molecule has 0 rings (SSSR count). The van der Waals surface area contributed by atoms with Crippen molar-refractivity contribution in [3.05, 3.63) is 12.2 Å². The zero-order valence-corrected chi connectivity index (χ0v) is 10.8. The van der Waals surface area contributed by atoms with Crippen LogP contribution in [0.2, 0.25) is 0 Å². The molecular formula is C12H24N2O3. The summed E-state index contributed by atoms with van der Waals surface area (Å²) in [5, 5.41) is 19.8. The quantitative estimate of drug-likeness (QED) is 0.282. The first-order chi connectivity index (χ1) is 8.07. The van der Waals surface area contributed by atoms with E-state index in [-0.39, 0.29) is 5.91 Å². The minimum Gasteiger partial charge on any atom is -0.314 e. The SMILES string of the molecule is CCN(O)C(=O)/C=C/CCCCCCN(C)O. The Balaban J connectivity index is 3.39. The van der Waals surface area contributed by atoms with Gasteiger partial charge in [0, 0.05) is 26.2 Å². The lowest BCUT2D eigenvalue weighted by Crippen LogP contribution is -2.24. The zero-order chi connectivity index (χ0) is 13.1. The molecule has 0 radical (unpaired) electrons. The Morgan fingerprint density at radius 1 is 1.18 bits per heavy atom. The van der Waals surface area contributed by atoms with E-state index >= 15 is 0 Å². The van der Waals surface area contributed by atoms with Gasteiger partial charge in [0.05, 0.1) is 0 Å². The molecule has 0 fully saturated rings. The summed E-state index contributed by atoms with van der Waals surface area (Å²) < 4.78 is 0. The number of rotatable bonds is 9. The van der Waals surface area contributed by atoms with Gasteiger partial charge in [0.25, 0.3) is 5.91 Å². The molecule has 17 heavy (non-hydrogen) atoms. The van der Waals surface area contributed by atoms with Crippen LogP contribution in [0.25, 0.3) is 0 Å². The number of likely N-dealkylation sites (N-methyl/N-ethyl adjacent to an activating group) is 1. The highest BCUT2D eigenvalue weighted by Gasteiger charge is 2.01. The number of unbranched alkanes of at least 4 members (excludes halogenated alkanes) is 4. The highest BCUT2D eigenvalue weighted by Crippen LogP contribution is 2.04. The maximum absolute atomic E-state index is 11.1. The average molecular weight is 244 g/mol. The molecule has 0 heterocycles. The smallest absolute Gasteiger partial charge is 0.269 e. The third-order valence-electron chi connectivity index (χ3n) is 2.42. The van der Waals surface area contributed by atoms with E-state index in [9.17, 15) is 4.79 Å². The highest BCUT2D eigenvalue weighted by atomic mass is 16.5. The molecule has 100 valence electrons. The van der Waals surface area contributed by atoms with Gasteiger partial charge in [0.1, 0.15) is 0 Å². The second-order valence-electron chi connectivity index (χ2n) is 4.04. The summed E-state index contributed by atoms with van der Waals surface area (Å²) in [6.07, 6.45) is 8.21. The lowest BCUT2D eigenvalue weighted by molar-refractivity contribution is -0.158. The first-order valence-electron chi connectivity index (χ1n) is 6.14. The Kier molecular flexibility index (Phi) is 9.71. The first kappa shape index (κ1) is 16.1. The molecule has 0 saturated carbocycles. The third-order valence-corrected chi connectivity index (χ3v) is 2.42. The van der Waals surface area contributed by atoms with Gasteiger partial charge in [-0.2, -0.15) is 5.06 Å². The molecule has 2 N–H and O–H groups in total. The standard InChI is InChI=1S/C12H24N2O3/c1-3-14(17)12(15)10-8-6-4-5-7-9-11-13(2)16/h8,10,16-17H,3-7,9,11H2,1-2H3/b10-8+. The van der Waals surface area contributed by atoms with Crippen molar-refractivity contribution >= 4 is 5.91 Å². The fourth-order valence-electron chi connectivity index (χ4n) is 1.38. The van der Waals surface area contributed by atoms with Crippen LogP contribution in [0.4, 0.5) is 0 Å². The summed E-state index contributed by atoms with van der Waals surface area (Å²) in [7, 11) is 1.64.